The highest BCUT2D eigenvalue weighted by atomic mass is 79.9. The minimum absolute atomic E-state index is 0.00899. The van der Waals surface area contributed by atoms with E-state index < -0.39 is 10.0 Å². The Morgan fingerprint density at radius 2 is 2.26 bits per heavy atom. The van der Waals surface area contributed by atoms with Crippen molar-refractivity contribution in [3.63, 3.8) is 0 Å². The summed E-state index contributed by atoms with van der Waals surface area (Å²) in [6.45, 7) is 3.84. The molecule has 4 nitrogen and oxygen atoms in total. The first-order chi connectivity index (χ1) is 8.96. The Bertz CT molecular complexity index is 559. The molecular formula is C12H16BrClN2O2S. The van der Waals surface area contributed by atoms with Gasteiger partial charge in [-0.05, 0) is 31.2 Å². The summed E-state index contributed by atoms with van der Waals surface area (Å²) in [5, 5.41) is 3.44. The number of hydrogen-bond acceptors (Lipinski definition) is 3. The van der Waals surface area contributed by atoms with Crippen molar-refractivity contribution in [1.29, 1.82) is 0 Å². The van der Waals surface area contributed by atoms with Crippen LogP contribution in [0.2, 0.25) is 5.02 Å². The van der Waals surface area contributed by atoms with Gasteiger partial charge >= 0.3 is 0 Å². The molecule has 0 aliphatic carbocycles. The Labute approximate surface area is 127 Å². The zero-order valence-electron chi connectivity index (χ0n) is 10.6. The van der Waals surface area contributed by atoms with Crippen LogP contribution in [0.3, 0.4) is 0 Å². The van der Waals surface area contributed by atoms with Crippen molar-refractivity contribution in [2.24, 2.45) is 0 Å². The number of likely N-dealkylation sites (N-methyl/N-ethyl adjacent to an activating group) is 1. The van der Waals surface area contributed by atoms with Crippen LogP contribution in [-0.2, 0) is 10.0 Å². The number of nitrogens with one attached hydrogen (secondary N) is 1. The van der Waals surface area contributed by atoms with E-state index in [1.54, 1.807) is 18.2 Å². The van der Waals surface area contributed by atoms with Crippen molar-refractivity contribution in [1.82, 2.24) is 9.62 Å². The maximum atomic E-state index is 12.7. The van der Waals surface area contributed by atoms with Crippen LogP contribution < -0.4 is 5.32 Å². The Morgan fingerprint density at radius 1 is 1.53 bits per heavy atom. The molecule has 7 heteroatoms. The van der Waals surface area contributed by atoms with Crippen LogP contribution in [0.15, 0.2) is 27.6 Å². The molecule has 0 aromatic heterocycles. The van der Waals surface area contributed by atoms with E-state index >= 15 is 0 Å². The second-order valence-corrected chi connectivity index (χ2v) is 7.61. The van der Waals surface area contributed by atoms with Crippen LogP contribution in [-0.4, -0.2) is 38.4 Å². The molecule has 0 amide bonds. The molecule has 1 aromatic carbocycles. The summed E-state index contributed by atoms with van der Waals surface area (Å²) in [6, 6.07) is 4.86. The Kier molecular flexibility index (Phi) is 4.89. The molecule has 1 aromatic rings. The summed E-state index contributed by atoms with van der Waals surface area (Å²) in [6.07, 6.45) is 0.835. The van der Waals surface area contributed by atoms with Crippen LogP contribution in [0.25, 0.3) is 0 Å². The summed E-state index contributed by atoms with van der Waals surface area (Å²) in [5.41, 5.74) is 0. The lowest BCUT2D eigenvalue weighted by molar-refractivity contribution is 0.349. The summed E-state index contributed by atoms with van der Waals surface area (Å²) < 4.78 is 27.7. The van der Waals surface area contributed by atoms with Gasteiger partial charge in [-0.15, -0.1) is 0 Å². The maximum Gasteiger partial charge on any atom is 0.244 e. The third kappa shape index (κ3) is 3.13. The fourth-order valence-corrected chi connectivity index (χ4v) is 5.00. The molecule has 1 N–H and O–H groups in total. The van der Waals surface area contributed by atoms with E-state index in [2.05, 4.69) is 21.2 Å². The topological polar surface area (TPSA) is 49.4 Å². The first-order valence-electron chi connectivity index (χ1n) is 6.14. The predicted molar refractivity (Wildman–Crippen MR) is 80.0 cm³/mol. The van der Waals surface area contributed by atoms with Crippen molar-refractivity contribution in [2.45, 2.75) is 24.3 Å². The van der Waals surface area contributed by atoms with Gasteiger partial charge in [0, 0.05) is 23.6 Å². The van der Waals surface area contributed by atoms with Gasteiger partial charge in [0.2, 0.25) is 10.0 Å². The smallest absolute Gasteiger partial charge is 0.244 e. The summed E-state index contributed by atoms with van der Waals surface area (Å²) in [4.78, 5) is 0.172. The molecule has 0 bridgehead atoms. The third-order valence-corrected chi connectivity index (χ3v) is 6.24. The highest BCUT2D eigenvalue weighted by molar-refractivity contribution is 9.10. The number of rotatable bonds is 4. The van der Waals surface area contributed by atoms with Crippen LogP contribution in [0, 0.1) is 0 Å². The molecule has 1 saturated heterocycles. The minimum atomic E-state index is -3.54. The Morgan fingerprint density at radius 3 is 2.79 bits per heavy atom. The second kappa shape index (κ2) is 6.10. The first-order valence-corrected chi connectivity index (χ1v) is 8.75. The van der Waals surface area contributed by atoms with Crippen molar-refractivity contribution >= 4 is 37.6 Å². The summed E-state index contributed by atoms with van der Waals surface area (Å²) in [5.74, 6) is 0. The molecule has 1 unspecified atom stereocenters. The van der Waals surface area contributed by atoms with Gasteiger partial charge in [0.15, 0.2) is 0 Å². The second-order valence-electron chi connectivity index (χ2n) is 4.43. The summed E-state index contributed by atoms with van der Waals surface area (Å²) >= 11 is 9.35. The van der Waals surface area contributed by atoms with Gasteiger partial charge in [0.05, 0.1) is 5.02 Å². The molecule has 1 fully saturated rings. The van der Waals surface area contributed by atoms with Crippen molar-refractivity contribution < 1.29 is 8.42 Å². The van der Waals surface area contributed by atoms with E-state index in [9.17, 15) is 8.42 Å². The zero-order chi connectivity index (χ0) is 14.0. The van der Waals surface area contributed by atoms with Crippen LogP contribution in [0.1, 0.15) is 13.3 Å². The molecule has 1 aliphatic heterocycles. The van der Waals surface area contributed by atoms with Crippen molar-refractivity contribution in [2.75, 3.05) is 19.6 Å². The predicted octanol–water partition coefficient (Wildman–Crippen LogP) is 2.48. The molecule has 1 atom stereocenters. The SMILES string of the molecule is CCN(C1CCNC1)S(=O)(=O)c1ccc(Br)cc1Cl. The monoisotopic (exact) mass is 366 g/mol. The highest BCUT2D eigenvalue weighted by Crippen LogP contribution is 2.29. The fraction of sp³-hybridized carbons (Fsp3) is 0.500. The standard InChI is InChI=1S/C12H16BrClN2O2S/c1-2-16(10-5-6-15-8-10)19(17,18)12-4-3-9(13)7-11(12)14/h3-4,7,10,15H,2,5-6,8H2,1H3. The number of benzene rings is 1. The Balaban J connectivity index is 2.39. The van der Waals surface area contributed by atoms with Gasteiger partial charge in [-0.2, -0.15) is 4.31 Å². The normalized spacial score (nSPS) is 20.1. The van der Waals surface area contributed by atoms with Crippen LogP contribution >= 0.6 is 27.5 Å². The quantitative estimate of drug-likeness (QED) is 0.889. The average molecular weight is 368 g/mol. The van der Waals surface area contributed by atoms with Crippen molar-refractivity contribution in [3.05, 3.63) is 27.7 Å². The molecule has 1 heterocycles. The largest absolute Gasteiger partial charge is 0.315 e. The van der Waals surface area contributed by atoms with E-state index in [0.717, 1.165) is 17.4 Å². The highest BCUT2D eigenvalue weighted by Gasteiger charge is 2.33. The van der Waals surface area contributed by atoms with Gasteiger partial charge in [-0.1, -0.05) is 34.5 Å². The molecule has 0 radical (unpaired) electrons. The molecule has 2 rings (SSSR count). The van der Waals surface area contributed by atoms with E-state index in [4.69, 9.17) is 11.6 Å². The maximum absolute atomic E-state index is 12.7. The number of hydrogen-bond donors (Lipinski definition) is 1. The minimum Gasteiger partial charge on any atom is -0.315 e. The van der Waals surface area contributed by atoms with Crippen molar-refractivity contribution in [3.8, 4) is 0 Å². The molecular weight excluding hydrogens is 352 g/mol. The van der Waals surface area contributed by atoms with Gasteiger partial charge in [-0.3, -0.25) is 0 Å². The van der Waals surface area contributed by atoms with Gasteiger partial charge in [-0.25, -0.2) is 8.42 Å². The van der Waals surface area contributed by atoms with Gasteiger partial charge in [0.1, 0.15) is 4.90 Å². The average Bonchev–Trinajstić information content (AvgIpc) is 2.82. The van der Waals surface area contributed by atoms with Gasteiger partial charge < -0.3 is 5.32 Å². The number of nitrogens with zero attached hydrogens (tertiary/aromatic N) is 1. The van der Waals surface area contributed by atoms with E-state index in [1.165, 1.54) is 4.31 Å². The lowest BCUT2D eigenvalue weighted by atomic mass is 10.3. The fourth-order valence-electron chi connectivity index (χ4n) is 2.32. The molecule has 1 aliphatic rings. The molecule has 0 spiro atoms. The lowest BCUT2D eigenvalue weighted by Crippen LogP contribution is -2.41. The van der Waals surface area contributed by atoms with E-state index in [0.29, 0.717) is 13.1 Å². The van der Waals surface area contributed by atoms with Crippen LogP contribution in [0.4, 0.5) is 0 Å². The van der Waals surface area contributed by atoms with E-state index in [1.807, 2.05) is 6.92 Å². The molecule has 0 saturated carbocycles. The van der Waals surface area contributed by atoms with Gasteiger partial charge in [0.25, 0.3) is 0 Å². The molecule has 106 valence electrons. The number of halogens is 2. The Hall–Kier alpha value is -0.140. The van der Waals surface area contributed by atoms with E-state index in [-0.39, 0.29) is 16.0 Å². The molecule has 19 heavy (non-hydrogen) atoms. The lowest BCUT2D eigenvalue weighted by Gasteiger charge is -2.26. The zero-order valence-corrected chi connectivity index (χ0v) is 13.7. The number of sulfonamides is 1. The van der Waals surface area contributed by atoms with Crippen LogP contribution in [0.5, 0.6) is 0 Å². The summed E-state index contributed by atoms with van der Waals surface area (Å²) in [7, 11) is -3.54. The first kappa shape index (κ1) is 15.3. The third-order valence-electron chi connectivity index (χ3n) is 3.23.